The monoisotopic (exact) mass is 289 g/mol. The number of aryl methyl sites for hydroxylation is 2. The van der Waals surface area contributed by atoms with Crippen molar-refractivity contribution in [1.29, 1.82) is 0 Å². The van der Waals surface area contributed by atoms with E-state index < -0.39 is 0 Å². The molecule has 2 aromatic heterocycles. The maximum atomic E-state index is 6.41. The Morgan fingerprint density at radius 3 is 2.57 bits per heavy atom. The molecule has 0 amide bonds. The lowest BCUT2D eigenvalue weighted by molar-refractivity contribution is 0.588. The second-order valence-corrected chi connectivity index (χ2v) is 5.88. The first kappa shape index (κ1) is 15.6. The van der Waals surface area contributed by atoms with E-state index in [9.17, 15) is 0 Å². The van der Waals surface area contributed by atoms with Crippen LogP contribution in [0.1, 0.15) is 58.0 Å². The molecule has 2 N–H and O–H groups in total. The molecular formula is C16H27N5. The summed E-state index contributed by atoms with van der Waals surface area (Å²) in [6.45, 7) is 9.57. The highest BCUT2D eigenvalue weighted by Gasteiger charge is 2.21. The number of rotatable bonds is 6. The summed E-state index contributed by atoms with van der Waals surface area (Å²) < 4.78 is 4.02. The molecular weight excluding hydrogens is 262 g/mol. The van der Waals surface area contributed by atoms with E-state index in [2.05, 4.69) is 37.4 Å². The van der Waals surface area contributed by atoms with Gasteiger partial charge in [0.15, 0.2) is 0 Å². The van der Waals surface area contributed by atoms with Gasteiger partial charge in [0.05, 0.1) is 5.69 Å². The van der Waals surface area contributed by atoms with Crippen LogP contribution in [0.5, 0.6) is 0 Å². The lowest BCUT2D eigenvalue weighted by atomic mass is 10.1. The minimum Gasteiger partial charge on any atom is -0.383 e. The smallest absolute Gasteiger partial charge is 0.131 e. The van der Waals surface area contributed by atoms with Crippen molar-refractivity contribution >= 4 is 5.82 Å². The Labute approximate surface area is 127 Å². The minimum absolute atomic E-state index is 0.361. The molecule has 0 bridgehead atoms. The number of nitrogen functional groups attached to an aromatic ring is 1. The summed E-state index contributed by atoms with van der Waals surface area (Å²) in [5.41, 5.74) is 9.42. The predicted octanol–water partition coefficient (Wildman–Crippen LogP) is 3.35. The topological polar surface area (TPSA) is 61.7 Å². The van der Waals surface area contributed by atoms with Gasteiger partial charge in [0.2, 0.25) is 0 Å². The van der Waals surface area contributed by atoms with Crippen LogP contribution in [0.15, 0.2) is 6.20 Å². The number of imidazole rings is 1. The molecule has 5 heteroatoms. The molecule has 116 valence electrons. The maximum absolute atomic E-state index is 6.41. The van der Waals surface area contributed by atoms with Crippen molar-refractivity contribution in [1.82, 2.24) is 19.3 Å². The molecule has 0 atom stereocenters. The number of nitrogens with zero attached hydrogens (tertiary/aromatic N) is 4. The van der Waals surface area contributed by atoms with Gasteiger partial charge >= 0.3 is 0 Å². The fraction of sp³-hybridized carbons (Fsp3) is 0.625. The molecule has 21 heavy (non-hydrogen) atoms. The van der Waals surface area contributed by atoms with Crippen LogP contribution in [0.25, 0.3) is 11.3 Å². The van der Waals surface area contributed by atoms with E-state index in [-0.39, 0.29) is 0 Å². The van der Waals surface area contributed by atoms with Gasteiger partial charge in [-0.15, -0.1) is 0 Å². The van der Waals surface area contributed by atoms with E-state index in [1.54, 1.807) is 0 Å². The molecule has 5 nitrogen and oxygen atoms in total. The molecule has 2 aromatic rings. The van der Waals surface area contributed by atoms with Crippen molar-refractivity contribution in [3.63, 3.8) is 0 Å². The third kappa shape index (κ3) is 2.96. The second-order valence-electron chi connectivity index (χ2n) is 5.88. The van der Waals surface area contributed by atoms with Gasteiger partial charge in [0, 0.05) is 31.3 Å². The Hall–Kier alpha value is -1.78. The van der Waals surface area contributed by atoms with Crippen LogP contribution in [0.2, 0.25) is 0 Å². The summed E-state index contributed by atoms with van der Waals surface area (Å²) >= 11 is 0. The summed E-state index contributed by atoms with van der Waals surface area (Å²) in [6.07, 6.45) is 5.17. The first-order valence-electron chi connectivity index (χ1n) is 7.88. The molecule has 0 spiro atoms. The quantitative estimate of drug-likeness (QED) is 0.887. The van der Waals surface area contributed by atoms with Crippen molar-refractivity contribution in [3.8, 4) is 11.3 Å². The maximum Gasteiger partial charge on any atom is 0.131 e. The molecule has 0 aromatic carbocycles. The molecule has 0 aliphatic carbocycles. The lowest BCUT2D eigenvalue weighted by Gasteiger charge is -2.11. The lowest BCUT2D eigenvalue weighted by Crippen LogP contribution is -2.08. The Morgan fingerprint density at radius 1 is 1.29 bits per heavy atom. The fourth-order valence-corrected chi connectivity index (χ4v) is 2.67. The molecule has 2 rings (SSSR count). The Balaban J connectivity index is 2.53. The largest absolute Gasteiger partial charge is 0.383 e. The highest BCUT2D eigenvalue weighted by molar-refractivity contribution is 5.72. The third-order valence-corrected chi connectivity index (χ3v) is 3.78. The Bertz CT molecular complexity index is 606. The molecule has 0 saturated carbocycles. The average molecular weight is 289 g/mol. The van der Waals surface area contributed by atoms with Crippen LogP contribution < -0.4 is 5.73 Å². The standard InChI is InChI=1S/C16H27N5/c1-6-8-9-21-15(17)14(18-16(21)11(3)4)12-10-20(5)19-13(12)7-2/h10-11H,6-9,17H2,1-5H3. The van der Waals surface area contributed by atoms with Crippen LogP contribution >= 0.6 is 0 Å². The van der Waals surface area contributed by atoms with Gasteiger partial charge in [-0.25, -0.2) is 4.98 Å². The average Bonchev–Trinajstić information content (AvgIpc) is 2.97. The zero-order chi connectivity index (χ0) is 15.6. The van der Waals surface area contributed by atoms with Crippen LogP contribution in [-0.4, -0.2) is 19.3 Å². The highest BCUT2D eigenvalue weighted by Crippen LogP contribution is 2.31. The van der Waals surface area contributed by atoms with E-state index in [1.807, 2.05) is 17.9 Å². The van der Waals surface area contributed by atoms with Crippen molar-refractivity contribution in [2.45, 2.75) is 59.4 Å². The number of aromatic nitrogens is 4. The van der Waals surface area contributed by atoms with Gasteiger partial charge in [0.1, 0.15) is 17.3 Å². The highest BCUT2D eigenvalue weighted by atomic mass is 15.3. The van der Waals surface area contributed by atoms with Crippen molar-refractivity contribution in [2.75, 3.05) is 5.73 Å². The molecule has 0 radical (unpaired) electrons. The van der Waals surface area contributed by atoms with Crippen LogP contribution in [0, 0.1) is 0 Å². The van der Waals surface area contributed by atoms with Crippen LogP contribution in [0.4, 0.5) is 5.82 Å². The first-order valence-corrected chi connectivity index (χ1v) is 7.88. The van der Waals surface area contributed by atoms with Gasteiger partial charge in [-0.05, 0) is 12.8 Å². The van der Waals surface area contributed by atoms with E-state index in [0.717, 1.165) is 54.4 Å². The van der Waals surface area contributed by atoms with E-state index in [0.29, 0.717) is 5.92 Å². The fourth-order valence-electron chi connectivity index (χ4n) is 2.67. The number of unbranched alkanes of at least 4 members (excludes halogenated alkanes) is 1. The van der Waals surface area contributed by atoms with Crippen LogP contribution in [-0.2, 0) is 20.0 Å². The number of nitrogens with two attached hydrogens (primary N) is 1. The van der Waals surface area contributed by atoms with Gasteiger partial charge in [0.25, 0.3) is 0 Å². The number of hydrogen-bond donors (Lipinski definition) is 1. The van der Waals surface area contributed by atoms with Crippen LogP contribution in [0.3, 0.4) is 0 Å². The van der Waals surface area contributed by atoms with Crippen molar-refractivity contribution in [3.05, 3.63) is 17.7 Å². The van der Waals surface area contributed by atoms with Gasteiger partial charge in [-0.1, -0.05) is 34.1 Å². The Morgan fingerprint density at radius 2 is 2.00 bits per heavy atom. The van der Waals surface area contributed by atoms with Gasteiger partial charge < -0.3 is 10.3 Å². The summed E-state index contributed by atoms with van der Waals surface area (Å²) in [5.74, 6) is 2.20. The van der Waals surface area contributed by atoms with E-state index >= 15 is 0 Å². The zero-order valence-electron chi connectivity index (χ0n) is 13.8. The second kappa shape index (κ2) is 6.33. The Kier molecular flexibility index (Phi) is 4.70. The molecule has 0 fully saturated rings. The summed E-state index contributed by atoms with van der Waals surface area (Å²) in [7, 11) is 1.94. The van der Waals surface area contributed by atoms with Crippen molar-refractivity contribution < 1.29 is 0 Å². The summed E-state index contributed by atoms with van der Waals surface area (Å²) in [6, 6.07) is 0. The van der Waals surface area contributed by atoms with Gasteiger partial charge in [-0.2, -0.15) is 5.10 Å². The first-order chi connectivity index (χ1) is 9.99. The summed E-state index contributed by atoms with van der Waals surface area (Å²) in [4.78, 5) is 4.84. The minimum atomic E-state index is 0.361. The molecule has 2 heterocycles. The molecule has 0 aliphatic rings. The van der Waals surface area contributed by atoms with E-state index in [4.69, 9.17) is 10.7 Å². The molecule has 0 unspecified atom stereocenters. The third-order valence-electron chi connectivity index (χ3n) is 3.78. The predicted molar refractivity (Wildman–Crippen MR) is 87.2 cm³/mol. The number of hydrogen-bond acceptors (Lipinski definition) is 3. The zero-order valence-corrected chi connectivity index (χ0v) is 13.8. The van der Waals surface area contributed by atoms with E-state index in [1.165, 1.54) is 0 Å². The summed E-state index contributed by atoms with van der Waals surface area (Å²) in [5, 5.41) is 4.50. The number of anilines is 1. The molecule has 0 saturated heterocycles. The molecule has 0 aliphatic heterocycles. The van der Waals surface area contributed by atoms with Crippen molar-refractivity contribution in [2.24, 2.45) is 7.05 Å². The van der Waals surface area contributed by atoms with Gasteiger partial charge in [-0.3, -0.25) is 4.68 Å². The SMILES string of the molecule is CCCCn1c(C(C)C)nc(-c2cn(C)nc2CC)c1N. The normalized spacial score (nSPS) is 11.5.